The summed E-state index contributed by atoms with van der Waals surface area (Å²) in [4.78, 5) is 43.1. The van der Waals surface area contributed by atoms with Crippen molar-refractivity contribution in [3.8, 4) is 0 Å². The van der Waals surface area contributed by atoms with Crippen LogP contribution in [0.3, 0.4) is 0 Å². The Kier molecular flexibility index (Phi) is 17.6. The van der Waals surface area contributed by atoms with Gasteiger partial charge in [-0.25, -0.2) is 9.13 Å². The van der Waals surface area contributed by atoms with E-state index in [0.29, 0.717) is 0 Å². The van der Waals surface area contributed by atoms with Gasteiger partial charge in [0.25, 0.3) is 0 Å². The zero-order valence-electron chi connectivity index (χ0n) is 6.81. The summed E-state index contributed by atoms with van der Waals surface area (Å²) in [6.07, 6.45) is 0. The monoisotopic (exact) mass is 325 g/mol. The van der Waals surface area contributed by atoms with Gasteiger partial charge in [0.2, 0.25) is 0 Å². The SMILES string of the molecule is O=P(O)(O)O.O=P(O)(O)O.[H+].[Zn].[Zn]. The van der Waals surface area contributed by atoms with Crippen LogP contribution in [-0.4, -0.2) is 29.4 Å². The first-order valence-corrected chi connectivity index (χ1v) is 4.70. The molecule has 68 valence electrons. The molecule has 0 fully saturated rings. The zero-order chi connectivity index (χ0) is 9.00. The fraction of sp³-hybridized carbons (Fsp3) is 0. The number of rotatable bonds is 0. The summed E-state index contributed by atoms with van der Waals surface area (Å²) in [6, 6.07) is 0. The summed E-state index contributed by atoms with van der Waals surface area (Å²) in [7, 11) is -9.28. The average Bonchev–Trinajstić information content (AvgIpc) is 1.12. The predicted molar refractivity (Wildman–Crippen MR) is 29.6 cm³/mol. The van der Waals surface area contributed by atoms with E-state index in [1.54, 1.807) is 0 Å². The van der Waals surface area contributed by atoms with Gasteiger partial charge in [-0.3, -0.25) is 0 Å². The van der Waals surface area contributed by atoms with E-state index in [1.807, 2.05) is 0 Å². The second-order valence-corrected chi connectivity index (χ2v) is 3.08. The van der Waals surface area contributed by atoms with Gasteiger partial charge in [0.15, 0.2) is 0 Å². The molecule has 0 radical (unpaired) electrons. The first kappa shape index (κ1) is 23.4. The molecule has 0 aliphatic carbocycles. The third kappa shape index (κ3) is 584. The van der Waals surface area contributed by atoms with Crippen LogP contribution < -0.4 is 0 Å². The minimum absolute atomic E-state index is 0. The smallest absolute Gasteiger partial charge is 0.303 e. The van der Waals surface area contributed by atoms with Gasteiger partial charge in [-0.1, -0.05) is 0 Å². The van der Waals surface area contributed by atoms with Gasteiger partial charge in [-0.15, -0.1) is 0 Å². The van der Waals surface area contributed by atoms with E-state index in [0.717, 1.165) is 0 Å². The molecule has 0 bridgehead atoms. The topological polar surface area (TPSA) is 156 Å². The summed E-state index contributed by atoms with van der Waals surface area (Å²) in [5, 5.41) is 0. The molecule has 0 aliphatic heterocycles. The Morgan fingerprint density at radius 3 is 0.667 bits per heavy atom. The third-order valence-corrected chi connectivity index (χ3v) is 0. The van der Waals surface area contributed by atoms with E-state index in [4.69, 9.17) is 38.5 Å². The van der Waals surface area contributed by atoms with Crippen LogP contribution in [0.2, 0.25) is 0 Å². The van der Waals surface area contributed by atoms with Gasteiger partial charge in [0.05, 0.1) is 0 Å². The molecule has 0 aromatic carbocycles. The second-order valence-electron chi connectivity index (χ2n) is 1.03. The molecule has 0 saturated carbocycles. The molecular weight excluding hydrogens is 321 g/mol. The predicted octanol–water partition coefficient (Wildman–Crippen LogP) is -1.75. The van der Waals surface area contributed by atoms with Crippen LogP contribution >= 0.6 is 15.6 Å². The second kappa shape index (κ2) is 9.04. The molecule has 12 heteroatoms. The van der Waals surface area contributed by atoms with Gasteiger partial charge in [-0.2, -0.15) is 0 Å². The van der Waals surface area contributed by atoms with Crippen molar-refractivity contribution in [2.75, 3.05) is 0 Å². The molecule has 0 aromatic heterocycles. The minimum atomic E-state index is -4.64. The van der Waals surface area contributed by atoms with Crippen molar-refractivity contribution in [1.82, 2.24) is 0 Å². The maximum Gasteiger partial charge on any atom is 1.00 e. The van der Waals surface area contributed by atoms with E-state index in [-0.39, 0.29) is 40.4 Å². The molecule has 0 saturated heterocycles. The van der Waals surface area contributed by atoms with Crippen molar-refractivity contribution in [3.63, 3.8) is 0 Å². The van der Waals surface area contributed by atoms with E-state index in [1.165, 1.54) is 0 Å². The van der Waals surface area contributed by atoms with Gasteiger partial charge in [0.1, 0.15) is 0 Å². The fourth-order valence-corrected chi connectivity index (χ4v) is 0. The fourth-order valence-electron chi connectivity index (χ4n) is 0. The van der Waals surface area contributed by atoms with Gasteiger partial charge < -0.3 is 29.4 Å². The maximum absolute atomic E-state index is 8.88. The van der Waals surface area contributed by atoms with Gasteiger partial charge in [-0.05, 0) is 0 Å². The largest absolute Gasteiger partial charge is 1.00 e. The Labute approximate surface area is 94.5 Å². The van der Waals surface area contributed by atoms with Crippen LogP contribution in [0.4, 0.5) is 0 Å². The summed E-state index contributed by atoms with van der Waals surface area (Å²) >= 11 is 0. The third-order valence-electron chi connectivity index (χ3n) is 0. The first-order chi connectivity index (χ1) is 4.00. The normalized spacial score (nSPS) is 9.83. The quantitative estimate of drug-likeness (QED) is 0.226. The molecular formula is H7O8P2Zn2+. The molecule has 0 atom stereocenters. The van der Waals surface area contributed by atoms with Crippen molar-refractivity contribution in [1.29, 1.82) is 0 Å². The molecule has 0 rings (SSSR count). The van der Waals surface area contributed by atoms with Crippen molar-refractivity contribution in [2.45, 2.75) is 0 Å². The van der Waals surface area contributed by atoms with Crippen molar-refractivity contribution >= 4 is 15.6 Å². The molecule has 0 aliphatic rings. The van der Waals surface area contributed by atoms with Crippen LogP contribution in [0.5, 0.6) is 0 Å². The summed E-state index contributed by atoms with van der Waals surface area (Å²) in [6.45, 7) is 0. The number of hydrogen-bond donors (Lipinski definition) is 6. The standard InChI is InChI=1S/2H3O4P.2Zn/c2*1-5(2,3)4;;/h2*(H3,1,2,3,4);;/p+1. The Hall–Kier alpha value is 1.47. The average molecular weight is 328 g/mol. The van der Waals surface area contributed by atoms with E-state index >= 15 is 0 Å². The molecule has 0 amide bonds. The van der Waals surface area contributed by atoms with E-state index in [9.17, 15) is 0 Å². The number of hydrogen-bond acceptors (Lipinski definition) is 2. The zero-order valence-corrected chi connectivity index (χ0v) is 13.5. The molecule has 0 aromatic rings. The number of phosphoric acid groups is 2. The van der Waals surface area contributed by atoms with E-state index in [2.05, 4.69) is 0 Å². The minimum Gasteiger partial charge on any atom is -0.303 e. The Bertz CT molecular complexity index is 132. The molecule has 12 heavy (non-hydrogen) atoms. The van der Waals surface area contributed by atoms with Crippen LogP contribution in [0.25, 0.3) is 0 Å². The summed E-state index contributed by atoms with van der Waals surface area (Å²) < 4.78 is 17.8. The molecule has 8 nitrogen and oxygen atoms in total. The van der Waals surface area contributed by atoms with Crippen molar-refractivity contribution in [3.05, 3.63) is 0 Å². The Morgan fingerprint density at radius 1 is 0.667 bits per heavy atom. The molecule has 0 spiro atoms. The molecule has 0 unspecified atom stereocenters. The first-order valence-electron chi connectivity index (χ1n) is 1.57. The molecule has 6 N–H and O–H groups in total. The van der Waals surface area contributed by atoms with Crippen molar-refractivity contribution in [2.24, 2.45) is 0 Å². The van der Waals surface area contributed by atoms with Crippen LogP contribution in [0.1, 0.15) is 1.43 Å². The van der Waals surface area contributed by atoms with Gasteiger partial charge >= 0.3 is 17.1 Å². The molecule has 0 heterocycles. The van der Waals surface area contributed by atoms with Gasteiger partial charge in [0, 0.05) is 39.0 Å². The Morgan fingerprint density at radius 2 is 0.667 bits per heavy atom. The Balaban J connectivity index is -0.0000000267. The summed E-state index contributed by atoms with van der Waals surface area (Å²) in [5.74, 6) is 0. The van der Waals surface area contributed by atoms with Crippen molar-refractivity contribution < 1.29 is 78.9 Å². The van der Waals surface area contributed by atoms with E-state index < -0.39 is 15.6 Å². The van der Waals surface area contributed by atoms with Crippen LogP contribution in [0, 0.1) is 0 Å². The summed E-state index contributed by atoms with van der Waals surface area (Å²) in [5.41, 5.74) is 0. The van der Waals surface area contributed by atoms with Crippen LogP contribution in [-0.2, 0) is 48.1 Å². The van der Waals surface area contributed by atoms with Crippen LogP contribution in [0.15, 0.2) is 0 Å². The maximum atomic E-state index is 8.88.